The molecule has 2 aromatic carbocycles. The molecular formula is C20H21ClN2O2. The number of phenols is 1. The number of aryl methyl sites for hydroxylation is 1. The molecule has 0 atom stereocenters. The third-order valence-corrected chi connectivity index (χ3v) is 4.83. The second-order valence-electron chi connectivity index (χ2n) is 6.17. The summed E-state index contributed by atoms with van der Waals surface area (Å²) in [6, 6.07) is 12.9. The van der Waals surface area contributed by atoms with Crippen molar-refractivity contribution in [1.82, 2.24) is 4.90 Å². The topological polar surface area (TPSA) is 43.8 Å². The van der Waals surface area contributed by atoms with Gasteiger partial charge in [-0.05, 0) is 54.5 Å². The molecule has 0 aliphatic carbocycles. The van der Waals surface area contributed by atoms with Crippen molar-refractivity contribution in [1.29, 1.82) is 0 Å². The maximum absolute atomic E-state index is 12.4. The summed E-state index contributed by atoms with van der Waals surface area (Å²) in [4.78, 5) is 16.4. The van der Waals surface area contributed by atoms with Crippen molar-refractivity contribution < 1.29 is 9.90 Å². The molecule has 130 valence electrons. The summed E-state index contributed by atoms with van der Waals surface area (Å²) < 4.78 is 0. The number of anilines is 1. The average molecular weight is 357 g/mol. The number of amides is 1. The highest BCUT2D eigenvalue weighted by Gasteiger charge is 2.19. The molecule has 1 amide bonds. The first-order valence-corrected chi connectivity index (χ1v) is 8.68. The molecule has 1 N–H and O–H groups in total. The third-order valence-electron chi connectivity index (χ3n) is 4.42. The second kappa shape index (κ2) is 7.62. The molecule has 0 spiro atoms. The summed E-state index contributed by atoms with van der Waals surface area (Å²) in [7, 11) is 0. The molecule has 1 aliphatic heterocycles. The smallest absolute Gasteiger partial charge is 0.246 e. The Labute approximate surface area is 152 Å². The van der Waals surface area contributed by atoms with E-state index in [-0.39, 0.29) is 11.7 Å². The first-order chi connectivity index (χ1) is 12.0. The number of nitrogens with zero attached hydrogens (tertiary/aromatic N) is 2. The van der Waals surface area contributed by atoms with Gasteiger partial charge in [0, 0.05) is 43.0 Å². The lowest BCUT2D eigenvalue weighted by atomic mass is 10.1. The Kier molecular flexibility index (Phi) is 5.29. The van der Waals surface area contributed by atoms with Crippen LogP contribution in [0.15, 0.2) is 48.5 Å². The highest BCUT2D eigenvalue weighted by Crippen LogP contribution is 2.20. The zero-order chi connectivity index (χ0) is 17.8. The number of benzene rings is 2. The van der Waals surface area contributed by atoms with Crippen LogP contribution in [-0.2, 0) is 4.79 Å². The van der Waals surface area contributed by atoms with Crippen LogP contribution in [0.2, 0.25) is 5.02 Å². The molecule has 0 aromatic heterocycles. The van der Waals surface area contributed by atoms with E-state index in [1.807, 2.05) is 42.2 Å². The van der Waals surface area contributed by atoms with Crippen molar-refractivity contribution >= 4 is 29.3 Å². The molecular weight excluding hydrogens is 336 g/mol. The zero-order valence-electron chi connectivity index (χ0n) is 14.2. The van der Waals surface area contributed by atoms with Crippen LogP contribution in [0.25, 0.3) is 6.08 Å². The van der Waals surface area contributed by atoms with Crippen LogP contribution in [0.4, 0.5) is 5.69 Å². The summed E-state index contributed by atoms with van der Waals surface area (Å²) in [5.41, 5.74) is 3.01. The fourth-order valence-electron chi connectivity index (χ4n) is 2.83. The number of carbonyl (C=O) groups is 1. The van der Waals surface area contributed by atoms with Crippen molar-refractivity contribution in [2.24, 2.45) is 0 Å². The van der Waals surface area contributed by atoms with Gasteiger partial charge in [0.15, 0.2) is 0 Å². The van der Waals surface area contributed by atoms with Crippen molar-refractivity contribution in [3.8, 4) is 5.75 Å². The fourth-order valence-corrected chi connectivity index (χ4v) is 3.02. The van der Waals surface area contributed by atoms with E-state index in [9.17, 15) is 9.90 Å². The summed E-state index contributed by atoms with van der Waals surface area (Å²) in [6.45, 7) is 4.87. The lowest BCUT2D eigenvalue weighted by Crippen LogP contribution is -2.48. The van der Waals surface area contributed by atoms with Crippen LogP contribution in [0.1, 0.15) is 11.1 Å². The summed E-state index contributed by atoms with van der Waals surface area (Å²) in [5, 5.41) is 10.1. The van der Waals surface area contributed by atoms with Crippen LogP contribution < -0.4 is 4.90 Å². The molecule has 0 saturated carbocycles. The van der Waals surface area contributed by atoms with Gasteiger partial charge < -0.3 is 14.9 Å². The molecule has 0 unspecified atom stereocenters. The van der Waals surface area contributed by atoms with E-state index in [2.05, 4.69) is 4.90 Å². The number of halogens is 1. The predicted molar refractivity (Wildman–Crippen MR) is 102 cm³/mol. The third kappa shape index (κ3) is 4.34. The number of piperazine rings is 1. The summed E-state index contributed by atoms with van der Waals surface area (Å²) in [6.07, 6.45) is 3.41. The van der Waals surface area contributed by atoms with Gasteiger partial charge in [0.2, 0.25) is 5.91 Å². The normalized spacial score (nSPS) is 15.0. The maximum Gasteiger partial charge on any atom is 0.246 e. The Morgan fingerprint density at radius 1 is 1.08 bits per heavy atom. The number of hydrogen-bond acceptors (Lipinski definition) is 3. The highest BCUT2D eigenvalue weighted by atomic mass is 35.5. The lowest BCUT2D eigenvalue weighted by molar-refractivity contribution is -0.126. The first-order valence-electron chi connectivity index (χ1n) is 8.30. The molecule has 0 bridgehead atoms. The van der Waals surface area contributed by atoms with Gasteiger partial charge in [-0.2, -0.15) is 0 Å². The molecule has 1 heterocycles. The Morgan fingerprint density at radius 3 is 2.40 bits per heavy atom. The summed E-state index contributed by atoms with van der Waals surface area (Å²) in [5.74, 6) is 0.279. The maximum atomic E-state index is 12.4. The van der Waals surface area contributed by atoms with Crippen LogP contribution in [0.5, 0.6) is 5.75 Å². The van der Waals surface area contributed by atoms with Crippen molar-refractivity contribution in [2.75, 3.05) is 31.1 Å². The van der Waals surface area contributed by atoms with Crippen molar-refractivity contribution in [3.63, 3.8) is 0 Å². The van der Waals surface area contributed by atoms with Gasteiger partial charge in [-0.1, -0.05) is 23.7 Å². The van der Waals surface area contributed by atoms with Crippen molar-refractivity contribution in [3.05, 3.63) is 64.7 Å². The van der Waals surface area contributed by atoms with E-state index < -0.39 is 0 Å². The largest absolute Gasteiger partial charge is 0.508 e. The van der Waals surface area contributed by atoms with Gasteiger partial charge in [0.05, 0.1) is 0 Å². The van der Waals surface area contributed by atoms with E-state index >= 15 is 0 Å². The first kappa shape index (κ1) is 17.4. The standard InChI is InChI=1S/C20H21ClN2O2/c1-15-2-3-16(14-19(15)21)4-9-20(25)23-12-10-22(11-13-23)17-5-7-18(24)8-6-17/h2-9,14,24H,10-13H2,1H3/b9-4+. The second-order valence-corrected chi connectivity index (χ2v) is 6.58. The Bertz CT molecular complexity index is 779. The number of carbonyl (C=O) groups excluding carboxylic acids is 1. The van der Waals surface area contributed by atoms with Gasteiger partial charge >= 0.3 is 0 Å². The number of rotatable bonds is 3. The minimum atomic E-state index is 0.0158. The molecule has 1 aliphatic rings. The molecule has 3 rings (SSSR count). The highest BCUT2D eigenvalue weighted by molar-refractivity contribution is 6.31. The van der Waals surface area contributed by atoms with Crippen LogP contribution in [-0.4, -0.2) is 42.1 Å². The minimum Gasteiger partial charge on any atom is -0.508 e. The minimum absolute atomic E-state index is 0.0158. The van der Waals surface area contributed by atoms with Crippen LogP contribution >= 0.6 is 11.6 Å². The van der Waals surface area contributed by atoms with Gasteiger partial charge in [-0.15, -0.1) is 0 Å². The van der Waals surface area contributed by atoms with E-state index in [0.717, 1.165) is 29.9 Å². The molecule has 5 heteroatoms. The SMILES string of the molecule is Cc1ccc(/C=C/C(=O)N2CCN(c3ccc(O)cc3)CC2)cc1Cl. The quantitative estimate of drug-likeness (QED) is 0.852. The van der Waals surface area contributed by atoms with E-state index in [0.29, 0.717) is 18.1 Å². The summed E-state index contributed by atoms with van der Waals surface area (Å²) >= 11 is 6.11. The van der Waals surface area contributed by atoms with E-state index in [4.69, 9.17) is 11.6 Å². The Morgan fingerprint density at radius 2 is 1.76 bits per heavy atom. The van der Waals surface area contributed by atoms with Gasteiger partial charge in [-0.3, -0.25) is 4.79 Å². The van der Waals surface area contributed by atoms with Gasteiger partial charge in [-0.25, -0.2) is 0 Å². The van der Waals surface area contributed by atoms with Gasteiger partial charge in [0.25, 0.3) is 0 Å². The predicted octanol–water partition coefficient (Wildman–Crippen LogP) is 3.72. The van der Waals surface area contributed by atoms with Gasteiger partial charge in [0.1, 0.15) is 5.75 Å². The van der Waals surface area contributed by atoms with Crippen LogP contribution in [0, 0.1) is 6.92 Å². The number of aromatic hydroxyl groups is 1. The molecule has 0 radical (unpaired) electrons. The van der Waals surface area contributed by atoms with E-state index in [1.165, 1.54) is 0 Å². The van der Waals surface area contributed by atoms with Crippen LogP contribution in [0.3, 0.4) is 0 Å². The lowest BCUT2D eigenvalue weighted by Gasteiger charge is -2.35. The number of phenolic OH excluding ortho intramolecular Hbond substituents is 1. The molecule has 1 saturated heterocycles. The molecule has 4 nitrogen and oxygen atoms in total. The fraction of sp³-hybridized carbons (Fsp3) is 0.250. The number of hydrogen-bond donors (Lipinski definition) is 1. The average Bonchev–Trinajstić information content (AvgIpc) is 2.63. The molecule has 25 heavy (non-hydrogen) atoms. The Hall–Kier alpha value is -2.46. The Balaban J connectivity index is 1.56. The zero-order valence-corrected chi connectivity index (χ0v) is 14.9. The molecule has 1 fully saturated rings. The van der Waals surface area contributed by atoms with E-state index in [1.54, 1.807) is 24.3 Å². The monoisotopic (exact) mass is 356 g/mol. The van der Waals surface area contributed by atoms with Crippen molar-refractivity contribution in [2.45, 2.75) is 6.92 Å². The molecule has 2 aromatic rings.